The largest absolute Gasteiger partial charge is 0.393 e. The molecule has 78 valence electrons. The van der Waals surface area contributed by atoms with Gasteiger partial charge >= 0.3 is 0 Å². The number of rotatable bonds is 5. The third-order valence-corrected chi connectivity index (χ3v) is 1.64. The first-order valence-corrected chi connectivity index (χ1v) is 4.38. The van der Waals surface area contributed by atoms with Crippen molar-refractivity contribution < 1.29 is 14.4 Å². The Labute approximate surface area is 81.3 Å². The van der Waals surface area contributed by atoms with Gasteiger partial charge in [-0.15, -0.1) is 0 Å². The Morgan fingerprint density at radius 3 is 3.14 bits per heavy atom. The minimum atomic E-state index is -0.453. The van der Waals surface area contributed by atoms with Crippen molar-refractivity contribution in [1.29, 1.82) is 0 Å². The number of aromatic nitrogens is 2. The Bertz CT molecular complexity index is 271. The van der Waals surface area contributed by atoms with E-state index in [1.54, 1.807) is 6.92 Å². The maximum atomic E-state index is 11.1. The van der Waals surface area contributed by atoms with Crippen LogP contribution in [0.5, 0.6) is 0 Å². The second-order valence-corrected chi connectivity index (χ2v) is 3.01. The van der Waals surface area contributed by atoms with Gasteiger partial charge in [0.25, 0.3) is 0 Å². The molecule has 0 fully saturated rings. The number of hydrogen-bond donors (Lipinski definition) is 2. The van der Waals surface area contributed by atoms with Gasteiger partial charge in [0.1, 0.15) is 0 Å². The van der Waals surface area contributed by atoms with Crippen molar-refractivity contribution in [2.45, 2.75) is 32.4 Å². The molecular formula is C8H13N3O3. The first-order chi connectivity index (χ1) is 6.68. The molecular weight excluding hydrogens is 186 g/mol. The van der Waals surface area contributed by atoms with E-state index in [4.69, 9.17) is 5.11 Å². The van der Waals surface area contributed by atoms with Gasteiger partial charge in [-0.2, -0.15) is 4.98 Å². The van der Waals surface area contributed by atoms with Crippen molar-refractivity contribution in [1.82, 2.24) is 15.5 Å². The van der Waals surface area contributed by atoms with Gasteiger partial charge in [-0.25, -0.2) is 0 Å². The number of aliphatic hydroxyl groups is 1. The van der Waals surface area contributed by atoms with E-state index < -0.39 is 6.10 Å². The van der Waals surface area contributed by atoms with Crippen LogP contribution in [0, 0.1) is 0 Å². The molecule has 1 rings (SSSR count). The highest BCUT2D eigenvalue weighted by molar-refractivity contribution is 5.75. The lowest BCUT2D eigenvalue weighted by Gasteiger charge is -2.03. The molecule has 0 bridgehead atoms. The number of carbonyl (C=O) groups excluding carboxylic acids is 1. The molecule has 0 aliphatic carbocycles. The van der Waals surface area contributed by atoms with Crippen LogP contribution in [-0.4, -0.2) is 27.3 Å². The fraction of sp³-hybridized carbons (Fsp3) is 0.625. The van der Waals surface area contributed by atoms with Gasteiger partial charge in [0.2, 0.25) is 12.3 Å². The number of nitrogens with zero attached hydrogens (tertiary/aromatic N) is 2. The maximum Gasteiger partial charge on any atom is 0.220 e. The SMILES string of the molecule is CC(O)CCC(=O)NCc1ncon1. The van der Waals surface area contributed by atoms with Crippen LogP contribution < -0.4 is 5.32 Å². The Kier molecular flexibility index (Phi) is 4.06. The highest BCUT2D eigenvalue weighted by Gasteiger charge is 2.05. The average Bonchev–Trinajstić information content (AvgIpc) is 2.63. The van der Waals surface area contributed by atoms with E-state index in [2.05, 4.69) is 20.0 Å². The van der Waals surface area contributed by atoms with Crippen LogP contribution in [-0.2, 0) is 11.3 Å². The zero-order valence-corrected chi connectivity index (χ0v) is 7.93. The molecule has 1 unspecified atom stereocenters. The highest BCUT2D eigenvalue weighted by Crippen LogP contribution is 1.95. The standard InChI is InChI=1S/C8H13N3O3/c1-6(12)2-3-8(13)9-4-7-10-5-14-11-7/h5-6,12H,2-4H2,1H3,(H,9,13). The third-order valence-electron chi connectivity index (χ3n) is 1.64. The Morgan fingerprint density at radius 2 is 2.57 bits per heavy atom. The molecule has 1 aromatic heterocycles. The van der Waals surface area contributed by atoms with E-state index in [-0.39, 0.29) is 12.5 Å². The summed E-state index contributed by atoms with van der Waals surface area (Å²) >= 11 is 0. The van der Waals surface area contributed by atoms with Crippen LogP contribution in [0.4, 0.5) is 0 Å². The van der Waals surface area contributed by atoms with Gasteiger partial charge in [-0.1, -0.05) is 5.16 Å². The predicted molar refractivity (Wildman–Crippen MR) is 47.1 cm³/mol. The van der Waals surface area contributed by atoms with Crippen molar-refractivity contribution in [3.05, 3.63) is 12.2 Å². The fourth-order valence-corrected chi connectivity index (χ4v) is 0.876. The summed E-state index contributed by atoms with van der Waals surface area (Å²) in [4.78, 5) is 14.9. The third kappa shape index (κ3) is 3.99. The number of nitrogens with one attached hydrogen (secondary N) is 1. The van der Waals surface area contributed by atoms with Gasteiger partial charge in [0.15, 0.2) is 5.82 Å². The van der Waals surface area contributed by atoms with Crippen LogP contribution in [0.2, 0.25) is 0 Å². The molecule has 14 heavy (non-hydrogen) atoms. The molecule has 1 aromatic rings. The molecule has 1 amide bonds. The zero-order chi connectivity index (χ0) is 10.4. The molecule has 1 heterocycles. The normalized spacial score (nSPS) is 12.4. The fourth-order valence-electron chi connectivity index (χ4n) is 0.876. The molecule has 6 nitrogen and oxygen atoms in total. The first-order valence-electron chi connectivity index (χ1n) is 4.38. The Balaban J connectivity index is 2.15. The minimum Gasteiger partial charge on any atom is -0.393 e. The summed E-state index contributed by atoms with van der Waals surface area (Å²) in [6.45, 7) is 1.90. The molecule has 6 heteroatoms. The van der Waals surface area contributed by atoms with Gasteiger partial charge in [-0.3, -0.25) is 4.79 Å². The summed E-state index contributed by atoms with van der Waals surface area (Å²) in [5, 5.41) is 15.1. The Morgan fingerprint density at radius 1 is 1.79 bits per heavy atom. The van der Waals surface area contributed by atoms with E-state index in [0.717, 1.165) is 0 Å². The first kappa shape index (κ1) is 10.6. The molecule has 0 aliphatic heterocycles. The monoisotopic (exact) mass is 199 g/mol. The van der Waals surface area contributed by atoms with Crippen LogP contribution in [0.15, 0.2) is 10.9 Å². The van der Waals surface area contributed by atoms with Crippen LogP contribution in [0.1, 0.15) is 25.6 Å². The maximum absolute atomic E-state index is 11.1. The second kappa shape index (κ2) is 5.33. The summed E-state index contributed by atoms with van der Waals surface area (Å²) in [6, 6.07) is 0. The lowest BCUT2D eigenvalue weighted by Crippen LogP contribution is -2.24. The molecule has 1 atom stereocenters. The van der Waals surface area contributed by atoms with Gasteiger partial charge < -0.3 is 14.9 Å². The van der Waals surface area contributed by atoms with Crippen molar-refractivity contribution in [2.75, 3.05) is 0 Å². The number of hydrogen-bond acceptors (Lipinski definition) is 5. The Hall–Kier alpha value is -1.43. The molecule has 0 aliphatic rings. The van der Waals surface area contributed by atoms with Crippen LogP contribution >= 0.6 is 0 Å². The molecule has 0 saturated carbocycles. The van der Waals surface area contributed by atoms with E-state index >= 15 is 0 Å². The summed E-state index contributed by atoms with van der Waals surface area (Å²) in [5.41, 5.74) is 0. The summed E-state index contributed by atoms with van der Waals surface area (Å²) in [6.07, 6.45) is 1.51. The minimum absolute atomic E-state index is 0.129. The molecule has 0 radical (unpaired) electrons. The predicted octanol–water partition coefficient (Wildman–Crippen LogP) is -0.153. The molecule has 0 spiro atoms. The van der Waals surface area contributed by atoms with E-state index in [1.807, 2.05) is 0 Å². The van der Waals surface area contributed by atoms with Gasteiger partial charge in [-0.05, 0) is 13.3 Å². The number of aliphatic hydroxyl groups excluding tert-OH is 1. The number of carbonyl (C=O) groups is 1. The van der Waals surface area contributed by atoms with Crippen LogP contribution in [0.25, 0.3) is 0 Å². The number of amides is 1. The van der Waals surface area contributed by atoms with Crippen molar-refractivity contribution in [3.8, 4) is 0 Å². The van der Waals surface area contributed by atoms with Crippen LogP contribution in [0.3, 0.4) is 0 Å². The average molecular weight is 199 g/mol. The summed E-state index contributed by atoms with van der Waals surface area (Å²) < 4.78 is 4.49. The van der Waals surface area contributed by atoms with Crippen molar-refractivity contribution >= 4 is 5.91 Å². The quantitative estimate of drug-likeness (QED) is 0.688. The van der Waals surface area contributed by atoms with E-state index in [1.165, 1.54) is 6.39 Å². The lowest BCUT2D eigenvalue weighted by atomic mass is 10.2. The zero-order valence-electron chi connectivity index (χ0n) is 7.93. The van der Waals surface area contributed by atoms with E-state index in [9.17, 15) is 4.79 Å². The van der Waals surface area contributed by atoms with Crippen molar-refractivity contribution in [3.63, 3.8) is 0 Å². The van der Waals surface area contributed by atoms with E-state index in [0.29, 0.717) is 18.7 Å². The second-order valence-electron chi connectivity index (χ2n) is 3.01. The van der Waals surface area contributed by atoms with Gasteiger partial charge in [0, 0.05) is 6.42 Å². The lowest BCUT2D eigenvalue weighted by molar-refractivity contribution is -0.121. The van der Waals surface area contributed by atoms with Gasteiger partial charge in [0.05, 0.1) is 12.6 Å². The summed E-state index contributed by atoms with van der Waals surface area (Å²) in [5.74, 6) is 0.311. The summed E-state index contributed by atoms with van der Waals surface area (Å²) in [7, 11) is 0. The highest BCUT2D eigenvalue weighted by atomic mass is 16.5. The molecule has 0 saturated heterocycles. The van der Waals surface area contributed by atoms with Crippen molar-refractivity contribution in [2.24, 2.45) is 0 Å². The molecule has 0 aromatic carbocycles. The molecule has 2 N–H and O–H groups in total. The topological polar surface area (TPSA) is 88.2 Å². The smallest absolute Gasteiger partial charge is 0.220 e.